The Kier molecular flexibility index (Phi) is 50.3. The summed E-state index contributed by atoms with van der Waals surface area (Å²) < 4.78 is 9.84. The second kappa shape index (κ2) is 46.9. The summed E-state index contributed by atoms with van der Waals surface area (Å²) in [6.45, 7) is 0.327. The van der Waals surface area contributed by atoms with E-state index in [0.29, 0.717) is 0 Å². The third kappa shape index (κ3) is 53.5. The molecule has 0 amide bonds. The van der Waals surface area contributed by atoms with Crippen molar-refractivity contribution in [2.24, 2.45) is 34.4 Å². The molecule has 0 aliphatic rings. The van der Waals surface area contributed by atoms with Crippen molar-refractivity contribution in [1.82, 2.24) is 0 Å². The molecule has 32 heteroatoms. The number of carbonyl (C=O) groups is 12. The molecule has 2 rings (SSSR count). The van der Waals surface area contributed by atoms with Crippen LogP contribution in [0.2, 0.25) is 0 Å². The molecule has 73 heavy (non-hydrogen) atoms. The number of ether oxygens (including phenoxy) is 2. The van der Waals surface area contributed by atoms with Gasteiger partial charge in [0.25, 0.3) is 0 Å². The van der Waals surface area contributed by atoms with Crippen molar-refractivity contribution in [3.63, 3.8) is 0 Å². The number of rotatable bonds is 25. The monoisotopic (exact) mass is 1060 g/mol. The zero-order valence-electron chi connectivity index (χ0n) is 39.6. The van der Waals surface area contributed by atoms with Crippen LogP contribution < -0.4 is 104 Å². The zero-order valence-corrected chi connectivity index (χ0v) is 43.6. The molecule has 20 N–H and O–H groups in total. The quantitative estimate of drug-likeness (QED) is 0.0324. The largest absolute Gasteiger partial charge is 1.00 e. The first-order valence-electron chi connectivity index (χ1n) is 20.0. The van der Waals surface area contributed by atoms with Crippen LogP contribution in [0.3, 0.4) is 0 Å². The molecule has 0 spiro atoms. The number of hydrogen-bond donors (Lipinski definition) is 14. The minimum Gasteiger partial charge on any atom is -0.550 e. The first kappa shape index (κ1) is 78.3. The molecule has 0 bridgehead atoms. The van der Waals surface area contributed by atoms with Gasteiger partial charge in [-0.1, -0.05) is 60.7 Å². The van der Waals surface area contributed by atoms with E-state index in [2.05, 4.69) is 0 Å². The molecular formula is C41H58N6Na2O24. The Bertz CT molecular complexity index is 1940. The smallest absolute Gasteiger partial charge is 0.550 e. The van der Waals surface area contributed by atoms with Crippen LogP contribution >= 0.6 is 0 Å². The maximum absolute atomic E-state index is 11.3. The number of carboxylic acid groups (broad SMARTS) is 10. The van der Waals surface area contributed by atoms with Crippen LogP contribution in [0.4, 0.5) is 0 Å². The van der Waals surface area contributed by atoms with E-state index in [1.807, 2.05) is 60.7 Å². The van der Waals surface area contributed by atoms with Crippen LogP contribution in [-0.2, 0) is 80.2 Å². The fourth-order valence-electron chi connectivity index (χ4n) is 3.61. The Morgan fingerprint density at radius 3 is 0.959 bits per heavy atom. The van der Waals surface area contributed by atoms with Crippen molar-refractivity contribution in [2.45, 2.75) is 107 Å². The first-order valence-corrected chi connectivity index (χ1v) is 20.0. The van der Waals surface area contributed by atoms with Crippen LogP contribution in [0.1, 0.15) is 68.9 Å². The standard InChI is InChI=1S/C12H15NO4.C11H13NO4.2C5H9NO4.2C4H7NO4.2Na/c13-10(12(15)16)6-7-11(14)17-8-9-4-2-1-3-5-9;12-9(11(14)15)6-10(13)16-7-8-4-2-1-3-5-8;2*6-3(5(9)10)1-2-4(7)8;2*5-2(4(8)9)1-3(6)7;;/h1-5,10H,6-8,13H2,(H,15,16);1-5,9H,6-7,12H2,(H,14,15);2*3H,1-2,6H2,(H,7,8)(H,9,10);2*2H,1,5H2,(H,6,7)(H,8,9);;/q;;;;;;2*+1/p-2. The summed E-state index contributed by atoms with van der Waals surface area (Å²) in [4.78, 5) is 122. The van der Waals surface area contributed by atoms with Gasteiger partial charge in [0.15, 0.2) is 0 Å². The molecule has 6 unspecified atom stereocenters. The molecule has 6 atom stereocenters. The summed E-state index contributed by atoms with van der Waals surface area (Å²) >= 11 is 0. The molecule has 0 fully saturated rings. The summed E-state index contributed by atoms with van der Waals surface area (Å²) in [6, 6.07) is 11.4. The minimum atomic E-state index is -1.45. The van der Waals surface area contributed by atoms with E-state index >= 15 is 0 Å². The number of carbonyl (C=O) groups excluding carboxylic acids is 4. The fourth-order valence-corrected chi connectivity index (χ4v) is 3.61. The van der Waals surface area contributed by atoms with Gasteiger partial charge in [-0.05, 0) is 36.8 Å². The molecule has 2 aromatic rings. The molecule has 0 aliphatic heterocycles. The molecule has 398 valence electrons. The summed E-state index contributed by atoms with van der Waals surface area (Å²) in [6.07, 6.45) is -2.01. The van der Waals surface area contributed by atoms with Crippen molar-refractivity contribution >= 4 is 71.6 Å². The van der Waals surface area contributed by atoms with Crippen LogP contribution in [-0.4, -0.2) is 149 Å². The van der Waals surface area contributed by atoms with E-state index in [4.69, 9.17) is 84.7 Å². The summed E-state index contributed by atoms with van der Waals surface area (Å²) in [5, 5.41) is 84.9. The fraction of sp³-hybridized carbons (Fsp3) is 0.415. The van der Waals surface area contributed by atoms with Crippen LogP contribution in [0.15, 0.2) is 60.7 Å². The molecular weight excluding hydrogens is 1010 g/mol. The molecule has 0 heterocycles. The molecule has 0 aromatic heterocycles. The van der Waals surface area contributed by atoms with Gasteiger partial charge in [0.2, 0.25) is 0 Å². The molecule has 0 saturated heterocycles. The van der Waals surface area contributed by atoms with E-state index in [9.17, 15) is 67.7 Å². The van der Waals surface area contributed by atoms with Gasteiger partial charge in [-0.2, -0.15) is 0 Å². The molecule has 30 nitrogen and oxygen atoms in total. The molecule has 0 radical (unpaired) electrons. The van der Waals surface area contributed by atoms with Crippen LogP contribution in [0, 0.1) is 0 Å². The SMILES string of the molecule is NC(CC(=O)O)C(=O)O.NC(CC(=O)OCc1ccccc1)C(=O)O.NC(CC(=O)[O-])C(=O)O.NC(CCC(=O)O)C(=O)O.NC(CCC(=O)OCc1ccccc1)C(=O)O.NC(CCC(=O)[O-])C(=O)O.[Na+].[Na+]. The van der Waals surface area contributed by atoms with Crippen molar-refractivity contribution in [1.29, 1.82) is 0 Å². The summed E-state index contributed by atoms with van der Waals surface area (Å²) in [7, 11) is 0. The van der Waals surface area contributed by atoms with E-state index in [1.165, 1.54) is 0 Å². The normalized spacial score (nSPS) is 11.9. The van der Waals surface area contributed by atoms with Gasteiger partial charge in [0, 0.05) is 31.2 Å². The average Bonchev–Trinajstić information content (AvgIpc) is 3.28. The maximum Gasteiger partial charge on any atom is 1.00 e. The Morgan fingerprint density at radius 2 is 0.685 bits per heavy atom. The van der Waals surface area contributed by atoms with Crippen molar-refractivity contribution in [2.75, 3.05) is 0 Å². The predicted octanol–water partition coefficient (Wildman–Crippen LogP) is -10.9. The van der Waals surface area contributed by atoms with Gasteiger partial charge < -0.3 is 105 Å². The second-order valence-electron chi connectivity index (χ2n) is 13.7. The third-order valence-corrected chi connectivity index (χ3v) is 7.54. The molecule has 0 saturated carbocycles. The first-order chi connectivity index (χ1) is 32.8. The van der Waals surface area contributed by atoms with E-state index in [1.54, 1.807) is 0 Å². The van der Waals surface area contributed by atoms with Crippen LogP contribution in [0.5, 0.6) is 0 Å². The molecule has 2 aromatic carbocycles. The van der Waals surface area contributed by atoms with Crippen molar-refractivity contribution < 1.29 is 177 Å². The number of benzene rings is 2. The average molecular weight is 1060 g/mol. The predicted molar refractivity (Wildman–Crippen MR) is 233 cm³/mol. The number of hydrogen-bond acceptors (Lipinski definition) is 22. The number of esters is 2. The Morgan fingerprint density at radius 1 is 0.384 bits per heavy atom. The number of aliphatic carboxylic acids is 10. The van der Waals surface area contributed by atoms with Crippen molar-refractivity contribution in [3.8, 4) is 0 Å². The summed E-state index contributed by atoms with van der Waals surface area (Å²) in [5.74, 6) is -13.3. The van der Waals surface area contributed by atoms with Gasteiger partial charge in [0.05, 0.1) is 12.8 Å². The van der Waals surface area contributed by atoms with E-state index in [-0.39, 0.29) is 117 Å². The zero-order chi connectivity index (χ0) is 55.8. The number of carboxylic acids is 10. The number of nitrogens with two attached hydrogens (primary N) is 6. The van der Waals surface area contributed by atoms with E-state index < -0.39 is 121 Å². The Hall–Kier alpha value is -6.16. The third-order valence-electron chi connectivity index (χ3n) is 7.54. The Balaban J connectivity index is -0.000000188. The van der Waals surface area contributed by atoms with Gasteiger partial charge in [-0.15, -0.1) is 0 Å². The van der Waals surface area contributed by atoms with E-state index in [0.717, 1.165) is 11.1 Å². The summed E-state index contributed by atoms with van der Waals surface area (Å²) in [5.41, 5.74) is 31.8. The maximum atomic E-state index is 11.3. The van der Waals surface area contributed by atoms with Crippen molar-refractivity contribution in [3.05, 3.63) is 71.8 Å². The van der Waals surface area contributed by atoms with Crippen LogP contribution in [0.25, 0.3) is 0 Å². The van der Waals surface area contributed by atoms with Gasteiger partial charge in [-0.25, -0.2) is 0 Å². The van der Waals surface area contributed by atoms with Gasteiger partial charge >= 0.3 is 119 Å². The Labute approximate surface area is 459 Å². The molecule has 0 aliphatic carbocycles. The van der Waals surface area contributed by atoms with Gasteiger partial charge in [0.1, 0.15) is 49.5 Å². The minimum absolute atomic E-state index is 0. The second-order valence-corrected chi connectivity index (χ2v) is 13.7. The van der Waals surface area contributed by atoms with Gasteiger partial charge in [-0.3, -0.25) is 47.9 Å². The topological polar surface area (TPSA) is 587 Å².